The second kappa shape index (κ2) is 16.4. The normalized spacial score (nSPS) is 11.7. The fourth-order valence-corrected chi connectivity index (χ4v) is 6.10. The molecule has 1 heterocycles. The maximum absolute atomic E-state index is 13.5. The van der Waals surface area contributed by atoms with E-state index in [0.29, 0.717) is 34.3 Å². The molecule has 0 spiro atoms. The first-order valence-corrected chi connectivity index (χ1v) is 16.9. The third-order valence-electron chi connectivity index (χ3n) is 6.94. The maximum Gasteiger partial charge on any atom is 0.272 e. The van der Waals surface area contributed by atoms with Crippen LogP contribution in [-0.2, 0) is 9.59 Å². The average Bonchev–Trinajstić information content (AvgIpc) is 3.58. The Morgan fingerprint density at radius 2 is 1.67 bits per heavy atom. The molecule has 3 amide bonds. The standard InChI is InChI=1S/C37H34N4O5S2/c1-4-46-33-16-9-8-13-27(33)22-31(39-35(43)25-11-6-5-7-12-25)36(44)38-28-17-19-30(20-18-28)48-24(2)34(42)41-37-40-32(23-47-37)26-14-10-15-29(21-26)45-3/h5-24H,4H2,1-3H3,(H,38,44)(H,39,43)(H,40,41,42)/b31-22-. The molecule has 1 aromatic heterocycles. The van der Waals surface area contributed by atoms with Crippen molar-refractivity contribution in [3.63, 3.8) is 0 Å². The minimum Gasteiger partial charge on any atom is -0.497 e. The highest BCUT2D eigenvalue weighted by Crippen LogP contribution is 2.30. The lowest BCUT2D eigenvalue weighted by Gasteiger charge is -2.14. The number of nitrogens with one attached hydrogen (secondary N) is 3. The number of methoxy groups -OCH3 is 1. The molecule has 0 radical (unpaired) electrons. The summed E-state index contributed by atoms with van der Waals surface area (Å²) >= 11 is 2.73. The summed E-state index contributed by atoms with van der Waals surface area (Å²) in [5.74, 6) is 0.220. The molecule has 3 N–H and O–H groups in total. The number of nitrogens with zero attached hydrogens (tertiary/aromatic N) is 1. The Morgan fingerprint density at radius 1 is 0.917 bits per heavy atom. The van der Waals surface area contributed by atoms with Crippen molar-refractivity contribution >= 4 is 57.7 Å². The van der Waals surface area contributed by atoms with Gasteiger partial charge in [-0.25, -0.2) is 4.98 Å². The number of carbonyl (C=O) groups excluding carboxylic acids is 3. The second-order valence-electron chi connectivity index (χ2n) is 10.3. The van der Waals surface area contributed by atoms with Crippen LogP contribution in [0.4, 0.5) is 10.8 Å². The van der Waals surface area contributed by atoms with Crippen LogP contribution in [0.25, 0.3) is 17.3 Å². The molecule has 0 saturated carbocycles. The quantitative estimate of drug-likeness (QED) is 0.0861. The largest absolute Gasteiger partial charge is 0.497 e. The van der Waals surface area contributed by atoms with Crippen LogP contribution >= 0.6 is 23.1 Å². The Labute approximate surface area is 287 Å². The van der Waals surface area contributed by atoms with Gasteiger partial charge in [0, 0.05) is 32.7 Å². The van der Waals surface area contributed by atoms with E-state index in [4.69, 9.17) is 9.47 Å². The number of hydrogen-bond donors (Lipinski definition) is 3. The third-order valence-corrected chi connectivity index (χ3v) is 8.81. The van der Waals surface area contributed by atoms with E-state index in [1.807, 2.05) is 79.9 Å². The SMILES string of the molecule is CCOc1ccccc1/C=C(\NC(=O)c1ccccc1)C(=O)Nc1ccc(SC(C)C(=O)Nc2nc(-c3cccc(OC)c3)cs2)cc1. The zero-order chi connectivity index (χ0) is 33.9. The van der Waals surface area contributed by atoms with E-state index < -0.39 is 17.1 Å². The first kappa shape index (κ1) is 34.0. The van der Waals surface area contributed by atoms with Crippen LogP contribution in [0.3, 0.4) is 0 Å². The highest BCUT2D eigenvalue weighted by Gasteiger charge is 2.18. The zero-order valence-corrected chi connectivity index (χ0v) is 28.2. The van der Waals surface area contributed by atoms with Gasteiger partial charge in [0.15, 0.2) is 5.13 Å². The molecule has 9 nitrogen and oxygen atoms in total. The summed E-state index contributed by atoms with van der Waals surface area (Å²) in [5, 5.41) is 10.5. The van der Waals surface area contributed by atoms with Crippen LogP contribution in [0.2, 0.25) is 0 Å². The van der Waals surface area contributed by atoms with Crippen molar-refractivity contribution in [2.75, 3.05) is 24.4 Å². The van der Waals surface area contributed by atoms with Crippen molar-refractivity contribution < 1.29 is 23.9 Å². The molecule has 0 saturated heterocycles. The maximum atomic E-state index is 13.5. The van der Waals surface area contributed by atoms with E-state index in [2.05, 4.69) is 20.9 Å². The van der Waals surface area contributed by atoms with Crippen molar-refractivity contribution in [1.82, 2.24) is 10.3 Å². The lowest BCUT2D eigenvalue weighted by molar-refractivity contribution is -0.115. The van der Waals surface area contributed by atoms with Crippen LogP contribution < -0.4 is 25.4 Å². The van der Waals surface area contributed by atoms with Gasteiger partial charge in [-0.2, -0.15) is 0 Å². The van der Waals surface area contributed by atoms with Crippen molar-refractivity contribution in [2.24, 2.45) is 0 Å². The van der Waals surface area contributed by atoms with Gasteiger partial charge in [0.1, 0.15) is 17.2 Å². The van der Waals surface area contributed by atoms with E-state index in [0.717, 1.165) is 21.9 Å². The first-order valence-electron chi connectivity index (χ1n) is 15.1. The van der Waals surface area contributed by atoms with E-state index in [9.17, 15) is 14.4 Å². The number of thiazole rings is 1. The number of rotatable bonds is 13. The fraction of sp³-hybridized carbons (Fsp3) is 0.135. The summed E-state index contributed by atoms with van der Waals surface area (Å²) in [5.41, 5.74) is 3.29. The molecule has 48 heavy (non-hydrogen) atoms. The van der Waals surface area contributed by atoms with Crippen LogP contribution in [0.15, 0.2) is 119 Å². The molecular formula is C37H34N4O5S2. The third kappa shape index (κ3) is 9.11. The Hall–Kier alpha value is -5.39. The molecule has 4 aromatic carbocycles. The number of amides is 3. The van der Waals surface area contributed by atoms with Gasteiger partial charge in [-0.05, 0) is 74.5 Å². The number of carbonyl (C=O) groups is 3. The van der Waals surface area contributed by atoms with E-state index in [-0.39, 0.29) is 11.6 Å². The molecule has 244 valence electrons. The van der Waals surface area contributed by atoms with Crippen molar-refractivity contribution in [2.45, 2.75) is 24.0 Å². The molecule has 0 aliphatic heterocycles. The number of anilines is 2. The van der Waals surface area contributed by atoms with E-state index >= 15 is 0 Å². The first-order chi connectivity index (χ1) is 23.3. The lowest BCUT2D eigenvalue weighted by atomic mass is 10.1. The molecule has 5 rings (SSSR count). The monoisotopic (exact) mass is 678 g/mol. The molecule has 5 aromatic rings. The summed E-state index contributed by atoms with van der Waals surface area (Å²) < 4.78 is 11.0. The van der Waals surface area contributed by atoms with Crippen molar-refractivity contribution in [3.8, 4) is 22.8 Å². The fourth-order valence-electron chi connectivity index (χ4n) is 4.51. The van der Waals surface area contributed by atoms with Gasteiger partial charge < -0.3 is 25.4 Å². The molecule has 0 bridgehead atoms. The van der Waals surface area contributed by atoms with Gasteiger partial charge in [0.05, 0.1) is 24.7 Å². The number of ether oxygens (including phenoxy) is 2. The number of benzene rings is 4. The predicted octanol–water partition coefficient (Wildman–Crippen LogP) is 7.75. The molecule has 0 fully saturated rings. The van der Waals surface area contributed by atoms with Crippen LogP contribution in [0.5, 0.6) is 11.5 Å². The van der Waals surface area contributed by atoms with E-state index in [1.165, 1.54) is 23.1 Å². The highest BCUT2D eigenvalue weighted by atomic mass is 32.2. The van der Waals surface area contributed by atoms with Gasteiger partial charge in [-0.3, -0.25) is 14.4 Å². The van der Waals surface area contributed by atoms with Gasteiger partial charge in [0.2, 0.25) is 5.91 Å². The van der Waals surface area contributed by atoms with Gasteiger partial charge in [0.25, 0.3) is 11.8 Å². The molecule has 0 aliphatic carbocycles. The Kier molecular flexibility index (Phi) is 11.6. The smallest absolute Gasteiger partial charge is 0.272 e. The highest BCUT2D eigenvalue weighted by molar-refractivity contribution is 8.00. The summed E-state index contributed by atoms with van der Waals surface area (Å²) in [6, 6.07) is 30.7. The summed E-state index contributed by atoms with van der Waals surface area (Å²) in [6.07, 6.45) is 1.59. The Bertz CT molecular complexity index is 1910. The van der Waals surface area contributed by atoms with Gasteiger partial charge >= 0.3 is 0 Å². The number of para-hydroxylation sites is 1. The van der Waals surface area contributed by atoms with Gasteiger partial charge in [-0.1, -0.05) is 48.5 Å². The van der Waals surface area contributed by atoms with E-state index in [1.54, 1.807) is 55.7 Å². The summed E-state index contributed by atoms with van der Waals surface area (Å²) in [7, 11) is 1.61. The number of aromatic nitrogens is 1. The lowest BCUT2D eigenvalue weighted by Crippen LogP contribution is -2.30. The van der Waals surface area contributed by atoms with Gasteiger partial charge in [-0.15, -0.1) is 23.1 Å². The minimum absolute atomic E-state index is 0.0523. The molecule has 0 aliphatic rings. The van der Waals surface area contributed by atoms with Crippen molar-refractivity contribution in [1.29, 1.82) is 0 Å². The zero-order valence-electron chi connectivity index (χ0n) is 26.6. The van der Waals surface area contributed by atoms with Crippen LogP contribution in [-0.4, -0.2) is 41.7 Å². The Morgan fingerprint density at radius 3 is 2.42 bits per heavy atom. The number of hydrogen-bond acceptors (Lipinski definition) is 8. The van der Waals surface area contributed by atoms with Crippen LogP contribution in [0.1, 0.15) is 29.8 Å². The second-order valence-corrected chi connectivity index (χ2v) is 12.6. The summed E-state index contributed by atoms with van der Waals surface area (Å²) in [6.45, 7) is 4.14. The topological polar surface area (TPSA) is 119 Å². The molecule has 1 atom stereocenters. The molecule has 1 unspecified atom stereocenters. The predicted molar refractivity (Wildman–Crippen MR) is 193 cm³/mol. The molecule has 11 heteroatoms. The average molecular weight is 679 g/mol. The van der Waals surface area contributed by atoms with Crippen molar-refractivity contribution in [3.05, 3.63) is 125 Å². The minimum atomic E-state index is -0.504. The van der Waals surface area contributed by atoms with Crippen LogP contribution in [0, 0.1) is 0 Å². The molecular weight excluding hydrogens is 645 g/mol. The Balaban J connectivity index is 1.23. The number of thioether (sulfide) groups is 1. The summed E-state index contributed by atoms with van der Waals surface area (Å²) in [4.78, 5) is 44.9.